The Morgan fingerprint density at radius 3 is 2.71 bits per heavy atom. The van der Waals surface area contributed by atoms with E-state index in [1.165, 1.54) is 0 Å². The summed E-state index contributed by atoms with van der Waals surface area (Å²) in [7, 11) is 0. The summed E-state index contributed by atoms with van der Waals surface area (Å²) in [6, 6.07) is 0. The zero-order chi connectivity index (χ0) is 15.6. The fourth-order valence-electron chi connectivity index (χ4n) is 2.14. The third kappa shape index (κ3) is 3.62. The highest BCUT2D eigenvalue weighted by molar-refractivity contribution is 7.71. The van der Waals surface area contributed by atoms with Gasteiger partial charge in [0, 0.05) is 11.5 Å². The molecule has 0 amide bonds. The molecule has 0 atom stereocenters. The zero-order valence-corrected chi connectivity index (χ0v) is 14.6. The van der Waals surface area contributed by atoms with Gasteiger partial charge in [-0.05, 0) is 44.0 Å². The van der Waals surface area contributed by atoms with Gasteiger partial charge in [0.05, 0.1) is 18.5 Å². The van der Waals surface area contributed by atoms with Gasteiger partial charge in [-0.25, -0.2) is 0 Å². The van der Waals surface area contributed by atoms with Gasteiger partial charge in [-0.15, -0.1) is 11.3 Å². The van der Waals surface area contributed by atoms with Gasteiger partial charge < -0.3 is 9.72 Å². The van der Waals surface area contributed by atoms with E-state index in [4.69, 9.17) is 17.0 Å². The lowest BCUT2D eigenvalue weighted by atomic mass is 10.1. The second kappa shape index (κ2) is 6.85. The van der Waals surface area contributed by atoms with E-state index in [2.05, 4.69) is 18.8 Å². The molecular weight excluding hydrogens is 304 g/mol. The molecule has 0 bridgehead atoms. The van der Waals surface area contributed by atoms with Crippen LogP contribution in [0.1, 0.15) is 30.7 Å². The summed E-state index contributed by atoms with van der Waals surface area (Å²) in [5, 5.41) is 0.758. The topological polar surface area (TPSA) is 47.0 Å². The van der Waals surface area contributed by atoms with Crippen molar-refractivity contribution < 1.29 is 4.74 Å². The van der Waals surface area contributed by atoms with Crippen molar-refractivity contribution in [3.8, 4) is 0 Å². The lowest BCUT2D eigenvalue weighted by Gasteiger charge is -2.09. The van der Waals surface area contributed by atoms with Crippen molar-refractivity contribution in [2.45, 2.75) is 40.7 Å². The van der Waals surface area contributed by atoms with Crippen molar-refractivity contribution in [2.24, 2.45) is 5.92 Å². The minimum absolute atomic E-state index is 0.0111. The summed E-state index contributed by atoms with van der Waals surface area (Å²) in [4.78, 5) is 17.8. The van der Waals surface area contributed by atoms with Crippen LogP contribution in [0.5, 0.6) is 0 Å². The molecule has 21 heavy (non-hydrogen) atoms. The number of H-pyrrole nitrogens is 1. The smallest absolute Gasteiger partial charge is 0.263 e. The molecule has 4 nitrogen and oxygen atoms in total. The largest absolute Gasteiger partial charge is 0.380 e. The van der Waals surface area contributed by atoms with Crippen molar-refractivity contribution in [3.63, 3.8) is 0 Å². The monoisotopic (exact) mass is 326 g/mol. The Bertz CT molecular complexity index is 740. The number of nitrogens with zero attached hydrogens (tertiary/aromatic N) is 1. The van der Waals surface area contributed by atoms with Crippen molar-refractivity contribution in [2.75, 3.05) is 13.2 Å². The van der Waals surface area contributed by atoms with Gasteiger partial charge in [0.2, 0.25) is 0 Å². The van der Waals surface area contributed by atoms with Gasteiger partial charge in [0.15, 0.2) is 4.77 Å². The Balaban J connectivity index is 2.18. The number of aryl methyl sites for hydroxylation is 2. The molecule has 0 aliphatic heterocycles. The number of ether oxygens (including phenoxy) is 1. The van der Waals surface area contributed by atoms with E-state index in [0.717, 1.165) is 33.7 Å². The van der Waals surface area contributed by atoms with E-state index >= 15 is 0 Å². The standard InChI is InChI=1S/C15H22N2O2S2/c1-9(2)5-7-19-8-6-17-14(18)12-10(3)11(4)21-13(12)16-15(17)20/h9H,5-8H2,1-4H3,(H,16,20). The average molecular weight is 326 g/mol. The van der Waals surface area contributed by atoms with Crippen LogP contribution < -0.4 is 5.56 Å². The molecule has 2 rings (SSSR count). The predicted molar refractivity (Wildman–Crippen MR) is 91.0 cm³/mol. The first-order valence-corrected chi connectivity index (χ1v) is 8.44. The Hall–Kier alpha value is -0.980. The van der Waals surface area contributed by atoms with Crippen LogP contribution in [0.2, 0.25) is 0 Å². The molecule has 1 N–H and O–H groups in total. The molecule has 0 unspecified atom stereocenters. The van der Waals surface area contributed by atoms with E-state index < -0.39 is 0 Å². The third-order valence-electron chi connectivity index (χ3n) is 3.61. The molecule has 0 aromatic carbocycles. The summed E-state index contributed by atoms with van der Waals surface area (Å²) in [6.45, 7) is 10.1. The molecule has 2 aromatic heterocycles. The minimum Gasteiger partial charge on any atom is -0.380 e. The third-order valence-corrected chi connectivity index (χ3v) is 5.05. The fourth-order valence-corrected chi connectivity index (χ4v) is 3.54. The van der Waals surface area contributed by atoms with E-state index in [1.807, 2.05) is 13.8 Å². The minimum atomic E-state index is -0.0111. The summed E-state index contributed by atoms with van der Waals surface area (Å²) in [6.07, 6.45) is 1.03. The fraction of sp³-hybridized carbons (Fsp3) is 0.600. The van der Waals surface area contributed by atoms with E-state index in [0.29, 0.717) is 23.8 Å². The first-order valence-electron chi connectivity index (χ1n) is 7.22. The van der Waals surface area contributed by atoms with Crippen molar-refractivity contribution in [1.29, 1.82) is 0 Å². The van der Waals surface area contributed by atoms with Crippen molar-refractivity contribution in [3.05, 3.63) is 25.6 Å². The molecule has 6 heteroatoms. The Labute approximate surface area is 133 Å². The number of thiophene rings is 1. The van der Waals surface area contributed by atoms with E-state index in [1.54, 1.807) is 15.9 Å². The van der Waals surface area contributed by atoms with E-state index in [9.17, 15) is 4.79 Å². The van der Waals surface area contributed by atoms with Crippen LogP contribution in [0.3, 0.4) is 0 Å². The maximum absolute atomic E-state index is 12.6. The molecule has 2 heterocycles. The van der Waals surface area contributed by atoms with Crippen LogP contribution in [0.25, 0.3) is 10.2 Å². The Morgan fingerprint density at radius 2 is 2.05 bits per heavy atom. The van der Waals surface area contributed by atoms with Crippen LogP contribution in [0.4, 0.5) is 0 Å². The van der Waals surface area contributed by atoms with Crippen LogP contribution >= 0.6 is 23.6 Å². The molecule has 0 aliphatic rings. The molecule has 116 valence electrons. The summed E-state index contributed by atoms with van der Waals surface area (Å²) >= 11 is 6.88. The van der Waals surface area contributed by atoms with E-state index in [-0.39, 0.29) is 5.56 Å². The molecule has 0 fully saturated rings. The summed E-state index contributed by atoms with van der Waals surface area (Å²) in [5.74, 6) is 0.628. The lowest BCUT2D eigenvalue weighted by Crippen LogP contribution is -2.24. The first kappa shape index (κ1) is 16.4. The normalized spacial score (nSPS) is 11.7. The molecule has 0 radical (unpaired) electrons. The molecule has 0 aliphatic carbocycles. The number of hydrogen-bond donors (Lipinski definition) is 1. The predicted octanol–water partition coefficient (Wildman–Crippen LogP) is 3.80. The number of nitrogens with one attached hydrogen (secondary N) is 1. The number of fused-ring (bicyclic) bond motifs is 1. The van der Waals surface area contributed by atoms with Gasteiger partial charge in [-0.3, -0.25) is 9.36 Å². The number of aromatic amines is 1. The highest BCUT2D eigenvalue weighted by atomic mass is 32.1. The maximum Gasteiger partial charge on any atom is 0.263 e. The molecule has 0 saturated heterocycles. The number of hydrogen-bond acceptors (Lipinski definition) is 4. The van der Waals surface area contributed by atoms with Crippen molar-refractivity contribution >= 4 is 33.8 Å². The van der Waals surface area contributed by atoms with Crippen LogP contribution in [-0.4, -0.2) is 22.8 Å². The first-order chi connectivity index (χ1) is 9.91. The molecule has 2 aromatic rings. The van der Waals surface area contributed by atoms with Crippen LogP contribution in [0, 0.1) is 24.5 Å². The average Bonchev–Trinajstić information content (AvgIpc) is 2.67. The van der Waals surface area contributed by atoms with Crippen LogP contribution in [0.15, 0.2) is 4.79 Å². The molecule has 0 spiro atoms. The van der Waals surface area contributed by atoms with Gasteiger partial charge in [-0.1, -0.05) is 13.8 Å². The van der Waals surface area contributed by atoms with Gasteiger partial charge in [0.25, 0.3) is 5.56 Å². The zero-order valence-electron chi connectivity index (χ0n) is 13.0. The number of aromatic nitrogens is 2. The Morgan fingerprint density at radius 1 is 1.33 bits per heavy atom. The highest BCUT2D eigenvalue weighted by Gasteiger charge is 2.12. The SMILES string of the molecule is Cc1sc2[nH]c(=S)n(CCOCCC(C)C)c(=O)c2c1C. The van der Waals surface area contributed by atoms with Gasteiger partial charge in [0.1, 0.15) is 4.83 Å². The molecular formula is C15H22N2O2S2. The summed E-state index contributed by atoms with van der Waals surface area (Å²) < 4.78 is 7.67. The Kier molecular flexibility index (Phi) is 5.35. The van der Waals surface area contributed by atoms with Crippen LogP contribution in [-0.2, 0) is 11.3 Å². The summed E-state index contributed by atoms with van der Waals surface area (Å²) in [5.41, 5.74) is 1.03. The highest BCUT2D eigenvalue weighted by Crippen LogP contribution is 2.25. The second-order valence-corrected chi connectivity index (χ2v) is 7.28. The maximum atomic E-state index is 12.6. The van der Waals surface area contributed by atoms with Gasteiger partial charge in [-0.2, -0.15) is 0 Å². The van der Waals surface area contributed by atoms with Crippen molar-refractivity contribution in [1.82, 2.24) is 9.55 Å². The quantitative estimate of drug-likeness (QED) is 0.649. The lowest BCUT2D eigenvalue weighted by molar-refractivity contribution is 0.115. The molecule has 0 saturated carbocycles. The van der Waals surface area contributed by atoms with Gasteiger partial charge >= 0.3 is 0 Å². The second-order valence-electron chi connectivity index (χ2n) is 5.67. The number of rotatable bonds is 6.